The van der Waals surface area contributed by atoms with E-state index in [1.807, 2.05) is 24.3 Å². The van der Waals surface area contributed by atoms with Gasteiger partial charge in [0.25, 0.3) is 0 Å². The lowest BCUT2D eigenvalue weighted by Crippen LogP contribution is -2.43. The van der Waals surface area contributed by atoms with E-state index in [0.29, 0.717) is 19.6 Å². The van der Waals surface area contributed by atoms with Crippen molar-refractivity contribution < 1.29 is 4.79 Å². The van der Waals surface area contributed by atoms with E-state index < -0.39 is 11.4 Å². The molecule has 1 atom stereocenters. The van der Waals surface area contributed by atoms with E-state index in [-0.39, 0.29) is 0 Å². The van der Waals surface area contributed by atoms with Crippen molar-refractivity contribution in [2.45, 2.75) is 25.6 Å². The monoisotopic (exact) mass is 247 g/mol. The van der Waals surface area contributed by atoms with Gasteiger partial charge in [-0.15, -0.1) is 0 Å². The van der Waals surface area contributed by atoms with Crippen LogP contribution in [0, 0.1) is 0 Å². The summed E-state index contributed by atoms with van der Waals surface area (Å²) in [5.41, 5.74) is 12.1. The number of carbonyl (C=O) groups excluding carboxylic acids is 1. The number of nitrogens with zero attached hydrogens (tertiary/aromatic N) is 3. The Bertz CT molecular complexity index is 470. The van der Waals surface area contributed by atoms with Gasteiger partial charge in [-0.05, 0) is 18.1 Å². The molecule has 4 N–H and O–H groups in total. The molecule has 96 valence electrons. The molecular formula is C12H17N5O. The molecule has 1 heterocycles. The summed E-state index contributed by atoms with van der Waals surface area (Å²) in [5.74, 6) is -0.452. The van der Waals surface area contributed by atoms with E-state index in [1.54, 1.807) is 11.9 Å². The topological polar surface area (TPSA) is 97.1 Å². The predicted octanol–water partition coefficient (Wildman–Crippen LogP) is 0.572. The molecule has 18 heavy (non-hydrogen) atoms. The Morgan fingerprint density at radius 2 is 2.00 bits per heavy atom. The third kappa shape index (κ3) is 2.48. The van der Waals surface area contributed by atoms with Crippen LogP contribution in [0.15, 0.2) is 34.6 Å². The number of benzene rings is 1. The van der Waals surface area contributed by atoms with Gasteiger partial charge in [0.15, 0.2) is 5.54 Å². The van der Waals surface area contributed by atoms with Crippen molar-refractivity contribution in [1.29, 1.82) is 0 Å². The molecule has 0 fully saturated rings. The smallest absolute Gasteiger partial charge is 0.248 e. The molecule has 0 radical (unpaired) electrons. The van der Waals surface area contributed by atoms with Crippen LogP contribution in [0.5, 0.6) is 0 Å². The molecule has 0 saturated heterocycles. The highest BCUT2D eigenvalue weighted by atomic mass is 16.1. The van der Waals surface area contributed by atoms with Crippen molar-refractivity contribution in [3.63, 3.8) is 0 Å². The molecule has 6 heteroatoms. The molecule has 1 aliphatic heterocycles. The molecule has 6 nitrogen and oxygen atoms in total. The Balaban J connectivity index is 2.00. The van der Waals surface area contributed by atoms with Gasteiger partial charge >= 0.3 is 0 Å². The van der Waals surface area contributed by atoms with E-state index >= 15 is 0 Å². The summed E-state index contributed by atoms with van der Waals surface area (Å²) in [6, 6.07) is 7.96. The maximum atomic E-state index is 11.2. The molecule has 2 rings (SSSR count). The third-order valence-corrected chi connectivity index (χ3v) is 3.04. The second-order valence-electron chi connectivity index (χ2n) is 4.67. The first kappa shape index (κ1) is 12.5. The highest BCUT2D eigenvalue weighted by molar-refractivity contribution is 5.84. The van der Waals surface area contributed by atoms with Crippen LogP contribution in [-0.4, -0.2) is 23.0 Å². The van der Waals surface area contributed by atoms with E-state index in [2.05, 4.69) is 10.3 Å². The molecule has 1 aliphatic rings. The maximum absolute atomic E-state index is 11.2. The van der Waals surface area contributed by atoms with Crippen LogP contribution in [0.1, 0.15) is 18.1 Å². The molecule has 0 aliphatic carbocycles. The first-order chi connectivity index (χ1) is 8.53. The zero-order valence-electron chi connectivity index (χ0n) is 10.3. The number of hydrogen-bond donors (Lipinski definition) is 2. The Morgan fingerprint density at radius 1 is 1.39 bits per heavy atom. The predicted molar refractivity (Wildman–Crippen MR) is 67.2 cm³/mol. The number of primary amides is 1. The van der Waals surface area contributed by atoms with Crippen LogP contribution in [0.2, 0.25) is 0 Å². The average Bonchev–Trinajstić information content (AvgIpc) is 2.73. The maximum Gasteiger partial charge on any atom is 0.248 e. The third-order valence-electron chi connectivity index (χ3n) is 3.04. The summed E-state index contributed by atoms with van der Waals surface area (Å²) in [4.78, 5) is 11.2. The second kappa shape index (κ2) is 4.73. The SMILES string of the molecule is CC1(C(N)=O)CN(Cc2ccc(CN)cc2)N=N1. The molecule has 1 amide bonds. The van der Waals surface area contributed by atoms with Crippen molar-refractivity contribution >= 4 is 5.91 Å². The fourth-order valence-corrected chi connectivity index (χ4v) is 1.79. The van der Waals surface area contributed by atoms with Crippen LogP contribution >= 0.6 is 0 Å². The van der Waals surface area contributed by atoms with E-state index in [9.17, 15) is 4.79 Å². The highest BCUT2D eigenvalue weighted by Crippen LogP contribution is 2.22. The van der Waals surface area contributed by atoms with Crippen LogP contribution in [0.3, 0.4) is 0 Å². The largest absolute Gasteiger partial charge is 0.367 e. The lowest BCUT2D eigenvalue weighted by Gasteiger charge is -2.18. The summed E-state index contributed by atoms with van der Waals surface area (Å²) in [6.45, 7) is 3.25. The van der Waals surface area contributed by atoms with Gasteiger partial charge in [0.1, 0.15) is 0 Å². The summed E-state index contributed by atoms with van der Waals surface area (Å²) < 4.78 is 0. The summed E-state index contributed by atoms with van der Waals surface area (Å²) in [6.07, 6.45) is 0. The number of rotatable bonds is 4. The van der Waals surface area contributed by atoms with E-state index in [0.717, 1.165) is 11.1 Å². The zero-order chi connectivity index (χ0) is 13.2. The van der Waals surface area contributed by atoms with Crippen molar-refractivity contribution in [3.05, 3.63) is 35.4 Å². The minimum Gasteiger partial charge on any atom is -0.367 e. The normalized spacial score (nSPS) is 22.4. The van der Waals surface area contributed by atoms with Gasteiger partial charge in [0.05, 0.1) is 13.1 Å². The van der Waals surface area contributed by atoms with Crippen molar-refractivity contribution in [2.75, 3.05) is 6.54 Å². The summed E-state index contributed by atoms with van der Waals surface area (Å²) in [7, 11) is 0. The minimum absolute atomic E-state index is 0.418. The van der Waals surface area contributed by atoms with Gasteiger partial charge in [-0.2, -0.15) is 5.11 Å². The molecule has 0 aromatic heterocycles. The Kier molecular flexibility index (Phi) is 3.29. The van der Waals surface area contributed by atoms with Crippen molar-refractivity contribution in [1.82, 2.24) is 5.01 Å². The van der Waals surface area contributed by atoms with Crippen molar-refractivity contribution in [3.8, 4) is 0 Å². The minimum atomic E-state index is -0.906. The summed E-state index contributed by atoms with van der Waals surface area (Å²) in [5, 5.41) is 9.65. The quantitative estimate of drug-likeness (QED) is 0.814. The number of carbonyl (C=O) groups is 1. The van der Waals surface area contributed by atoms with Gasteiger partial charge in [0, 0.05) is 6.54 Å². The van der Waals surface area contributed by atoms with Gasteiger partial charge in [-0.3, -0.25) is 9.80 Å². The first-order valence-electron chi connectivity index (χ1n) is 5.79. The first-order valence-corrected chi connectivity index (χ1v) is 5.79. The molecule has 1 unspecified atom stereocenters. The van der Waals surface area contributed by atoms with Crippen LogP contribution < -0.4 is 11.5 Å². The highest BCUT2D eigenvalue weighted by Gasteiger charge is 2.37. The fourth-order valence-electron chi connectivity index (χ4n) is 1.79. The lowest BCUT2D eigenvalue weighted by atomic mass is 10.0. The zero-order valence-corrected chi connectivity index (χ0v) is 10.3. The van der Waals surface area contributed by atoms with Gasteiger partial charge in [-0.1, -0.05) is 29.5 Å². The molecule has 1 aromatic rings. The lowest BCUT2D eigenvalue weighted by molar-refractivity contribution is -0.122. The van der Waals surface area contributed by atoms with Crippen LogP contribution in [0.4, 0.5) is 0 Å². The molecule has 0 saturated carbocycles. The van der Waals surface area contributed by atoms with Gasteiger partial charge in [-0.25, -0.2) is 0 Å². The van der Waals surface area contributed by atoms with E-state index in [4.69, 9.17) is 11.5 Å². The number of hydrogen-bond acceptors (Lipinski definition) is 5. The van der Waals surface area contributed by atoms with Crippen LogP contribution in [0.25, 0.3) is 0 Å². The molecule has 0 bridgehead atoms. The van der Waals surface area contributed by atoms with E-state index in [1.165, 1.54) is 0 Å². The van der Waals surface area contributed by atoms with Gasteiger partial charge in [0.2, 0.25) is 5.91 Å². The molecular weight excluding hydrogens is 230 g/mol. The summed E-state index contributed by atoms with van der Waals surface area (Å²) >= 11 is 0. The van der Waals surface area contributed by atoms with Crippen molar-refractivity contribution in [2.24, 2.45) is 21.8 Å². The average molecular weight is 247 g/mol. The Labute approximate surface area is 106 Å². The second-order valence-corrected chi connectivity index (χ2v) is 4.67. The molecule has 0 spiro atoms. The fraction of sp³-hybridized carbons (Fsp3) is 0.417. The molecule has 1 aromatic carbocycles. The van der Waals surface area contributed by atoms with Crippen LogP contribution in [-0.2, 0) is 17.9 Å². The number of amides is 1. The number of nitrogens with two attached hydrogens (primary N) is 2. The van der Waals surface area contributed by atoms with Gasteiger partial charge < -0.3 is 11.5 Å². The Hall–Kier alpha value is -1.95. The standard InChI is InChI=1S/C12H17N5O/c1-12(11(14)18)8-17(16-15-12)7-10-4-2-9(6-13)3-5-10/h2-5H,6-8,13H2,1H3,(H2,14,18). The Morgan fingerprint density at radius 3 is 2.50 bits per heavy atom.